The number of carboxylic acids is 1. The predicted octanol–water partition coefficient (Wildman–Crippen LogP) is 2.40. The molecule has 0 fully saturated rings. The van der Waals surface area contributed by atoms with Gasteiger partial charge in [0.1, 0.15) is 5.82 Å². The molecular formula is C11H8ClFN2O2. The summed E-state index contributed by atoms with van der Waals surface area (Å²) in [6.45, 7) is 0. The minimum atomic E-state index is -1.09. The van der Waals surface area contributed by atoms with E-state index in [1.165, 1.54) is 24.5 Å². The van der Waals surface area contributed by atoms with E-state index in [0.717, 1.165) is 0 Å². The zero-order valence-corrected chi connectivity index (χ0v) is 9.32. The molecule has 2 rings (SSSR count). The number of nitrogens with zero attached hydrogens (tertiary/aromatic N) is 2. The maximum Gasteiger partial charge on any atom is 0.338 e. The molecule has 1 aromatic heterocycles. The van der Waals surface area contributed by atoms with Gasteiger partial charge in [0.15, 0.2) is 5.82 Å². The Morgan fingerprint density at radius 1 is 1.24 bits per heavy atom. The zero-order valence-electron chi connectivity index (χ0n) is 8.50. The molecule has 0 spiro atoms. The van der Waals surface area contributed by atoms with Gasteiger partial charge in [0.25, 0.3) is 0 Å². The summed E-state index contributed by atoms with van der Waals surface area (Å²) in [5.74, 6) is -1.18. The number of hydrogen-bond acceptors (Lipinski definition) is 3. The monoisotopic (exact) mass is 254 g/mol. The van der Waals surface area contributed by atoms with Crippen molar-refractivity contribution in [3.63, 3.8) is 0 Å². The smallest absolute Gasteiger partial charge is 0.338 e. The second-order valence-corrected chi connectivity index (χ2v) is 3.11. The number of carboxylic acid groups (broad SMARTS) is 1. The second-order valence-electron chi connectivity index (χ2n) is 3.11. The summed E-state index contributed by atoms with van der Waals surface area (Å²) in [4.78, 5) is 18.3. The van der Waals surface area contributed by atoms with Gasteiger partial charge in [-0.3, -0.25) is 0 Å². The molecule has 2 aromatic rings. The van der Waals surface area contributed by atoms with E-state index in [0.29, 0.717) is 11.4 Å². The van der Waals surface area contributed by atoms with Crippen LogP contribution in [0.5, 0.6) is 0 Å². The molecule has 1 heterocycles. The van der Waals surface area contributed by atoms with Crippen molar-refractivity contribution in [2.75, 3.05) is 0 Å². The number of aromatic nitrogens is 2. The van der Waals surface area contributed by atoms with Crippen LogP contribution in [0.2, 0.25) is 0 Å². The van der Waals surface area contributed by atoms with Gasteiger partial charge in [0, 0.05) is 18.0 Å². The van der Waals surface area contributed by atoms with E-state index in [-0.39, 0.29) is 23.8 Å². The van der Waals surface area contributed by atoms with Gasteiger partial charge in [0.05, 0.1) is 5.56 Å². The van der Waals surface area contributed by atoms with Crippen LogP contribution >= 0.6 is 12.4 Å². The first kappa shape index (κ1) is 13.1. The van der Waals surface area contributed by atoms with Crippen LogP contribution in [0.15, 0.2) is 36.7 Å². The first-order valence-corrected chi connectivity index (χ1v) is 4.48. The van der Waals surface area contributed by atoms with Gasteiger partial charge >= 0.3 is 5.97 Å². The van der Waals surface area contributed by atoms with E-state index >= 15 is 0 Å². The van der Waals surface area contributed by atoms with Crippen molar-refractivity contribution < 1.29 is 14.3 Å². The third-order valence-electron chi connectivity index (χ3n) is 1.98. The number of carbonyl (C=O) groups is 1. The van der Waals surface area contributed by atoms with Crippen molar-refractivity contribution in [2.45, 2.75) is 0 Å². The highest BCUT2D eigenvalue weighted by atomic mass is 35.5. The topological polar surface area (TPSA) is 63.1 Å². The molecule has 0 aliphatic rings. The average Bonchev–Trinajstić information content (AvgIpc) is 2.29. The molecule has 0 saturated carbocycles. The van der Waals surface area contributed by atoms with Crippen LogP contribution in [0, 0.1) is 5.82 Å². The Morgan fingerprint density at radius 3 is 2.41 bits per heavy atom. The number of aromatic carboxylic acids is 1. The largest absolute Gasteiger partial charge is 0.478 e. The van der Waals surface area contributed by atoms with Crippen molar-refractivity contribution in [2.24, 2.45) is 0 Å². The van der Waals surface area contributed by atoms with Gasteiger partial charge in [-0.05, 0) is 12.1 Å². The highest BCUT2D eigenvalue weighted by Gasteiger charge is 2.06. The van der Waals surface area contributed by atoms with Crippen molar-refractivity contribution in [3.05, 3.63) is 48.0 Å². The van der Waals surface area contributed by atoms with Crippen molar-refractivity contribution in [1.29, 1.82) is 0 Å². The number of benzene rings is 1. The molecule has 0 saturated heterocycles. The molecule has 17 heavy (non-hydrogen) atoms. The van der Waals surface area contributed by atoms with E-state index < -0.39 is 5.97 Å². The number of rotatable bonds is 2. The average molecular weight is 255 g/mol. The van der Waals surface area contributed by atoms with Gasteiger partial charge < -0.3 is 5.11 Å². The number of halogens is 2. The molecule has 0 aliphatic heterocycles. The highest BCUT2D eigenvalue weighted by Crippen LogP contribution is 2.15. The summed E-state index contributed by atoms with van der Waals surface area (Å²) >= 11 is 0. The number of hydrogen-bond donors (Lipinski definition) is 1. The molecule has 0 radical (unpaired) electrons. The fraction of sp³-hybridized carbons (Fsp3) is 0. The summed E-state index contributed by atoms with van der Waals surface area (Å²) in [6.07, 6.45) is 2.38. The quantitative estimate of drug-likeness (QED) is 0.894. The van der Waals surface area contributed by atoms with Crippen LogP contribution in [0.4, 0.5) is 4.39 Å². The third-order valence-corrected chi connectivity index (χ3v) is 1.98. The van der Waals surface area contributed by atoms with Crippen LogP contribution in [0.3, 0.4) is 0 Å². The lowest BCUT2D eigenvalue weighted by atomic mass is 10.2. The van der Waals surface area contributed by atoms with Crippen molar-refractivity contribution in [3.8, 4) is 11.4 Å². The molecule has 0 unspecified atom stereocenters. The summed E-state index contributed by atoms with van der Waals surface area (Å²) in [7, 11) is 0. The maximum atomic E-state index is 12.9. The zero-order chi connectivity index (χ0) is 11.5. The lowest BCUT2D eigenvalue weighted by Crippen LogP contribution is -1.99. The molecule has 88 valence electrons. The first-order chi connectivity index (χ1) is 7.66. The molecule has 1 aromatic carbocycles. The standard InChI is InChI=1S/C11H7FN2O2.ClH/c12-9-3-1-2-7(4-9)10-13-5-8(6-14-10)11(15)16;/h1-6H,(H,15,16);1H. The minimum absolute atomic E-state index is 0. The summed E-state index contributed by atoms with van der Waals surface area (Å²) in [5.41, 5.74) is 0.511. The molecule has 4 nitrogen and oxygen atoms in total. The van der Waals surface area contributed by atoms with E-state index in [9.17, 15) is 9.18 Å². The predicted molar refractivity (Wildman–Crippen MR) is 61.6 cm³/mol. The molecule has 0 amide bonds. The Balaban J connectivity index is 0.00000144. The van der Waals surface area contributed by atoms with Crippen molar-refractivity contribution >= 4 is 18.4 Å². The Bertz CT molecular complexity index is 531. The second kappa shape index (κ2) is 5.36. The van der Waals surface area contributed by atoms with E-state index in [4.69, 9.17) is 5.11 Å². The van der Waals surface area contributed by atoms with Gasteiger partial charge in [-0.1, -0.05) is 12.1 Å². The fourth-order valence-corrected chi connectivity index (χ4v) is 1.22. The lowest BCUT2D eigenvalue weighted by molar-refractivity contribution is 0.0696. The fourth-order valence-electron chi connectivity index (χ4n) is 1.22. The van der Waals surface area contributed by atoms with Crippen LogP contribution < -0.4 is 0 Å². The summed E-state index contributed by atoms with van der Waals surface area (Å²) in [6, 6.07) is 5.79. The lowest BCUT2D eigenvalue weighted by Gasteiger charge is -2.00. The molecular weight excluding hydrogens is 247 g/mol. The molecule has 0 aliphatic carbocycles. The summed E-state index contributed by atoms with van der Waals surface area (Å²) < 4.78 is 12.9. The Kier molecular flexibility index (Phi) is 4.12. The van der Waals surface area contributed by atoms with E-state index in [2.05, 4.69) is 9.97 Å². The van der Waals surface area contributed by atoms with Gasteiger partial charge in [-0.25, -0.2) is 19.2 Å². The third kappa shape index (κ3) is 2.98. The first-order valence-electron chi connectivity index (χ1n) is 4.48. The Labute approximate surface area is 103 Å². The van der Waals surface area contributed by atoms with E-state index in [1.807, 2.05) is 0 Å². The van der Waals surface area contributed by atoms with E-state index in [1.54, 1.807) is 12.1 Å². The van der Waals surface area contributed by atoms with Gasteiger partial charge in [-0.2, -0.15) is 0 Å². The molecule has 0 atom stereocenters. The van der Waals surface area contributed by atoms with Crippen LogP contribution in [0.25, 0.3) is 11.4 Å². The van der Waals surface area contributed by atoms with Gasteiger partial charge in [-0.15, -0.1) is 12.4 Å². The molecule has 6 heteroatoms. The van der Waals surface area contributed by atoms with Crippen LogP contribution in [-0.2, 0) is 0 Å². The van der Waals surface area contributed by atoms with Crippen molar-refractivity contribution in [1.82, 2.24) is 9.97 Å². The Morgan fingerprint density at radius 2 is 1.88 bits per heavy atom. The Hall–Kier alpha value is -2.01. The minimum Gasteiger partial charge on any atom is -0.478 e. The maximum absolute atomic E-state index is 12.9. The molecule has 1 N–H and O–H groups in total. The van der Waals surface area contributed by atoms with Crippen LogP contribution in [0.1, 0.15) is 10.4 Å². The summed E-state index contributed by atoms with van der Waals surface area (Å²) in [5, 5.41) is 8.65. The SMILES string of the molecule is Cl.O=C(O)c1cnc(-c2cccc(F)c2)nc1. The molecule has 0 bridgehead atoms. The van der Waals surface area contributed by atoms with Crippen LogP contribution in [-0.4, -0.2) is 21.0 Å². The normalized spacial score (nSPS) is 9.47. The highest BCUT2D eigenvalue weighted by molar-refractivity contribution is 5.86. The van der Waals surface area contributed by atoms with Gasteiger partial charge in [0.2, 0.25) is 0 Å².